The number of halogens is 1. The second-order valence-corrected chi connectivity index (χ2v) is 6.92. The van der Waals surface area contributed by atoms with Crippen molar-refractivity contribution in [2.24, 2.45) is 5.92 Å². The van der Waals surface area contributed by atoms with E-state index < -0.39 is 0 Å². The Morgan fingerprint density at radius 3 is 2.52 bits per heavy atom. The minimum Gasteiger partial charge on any atom is -0.378 e. The van der Waals surface area contributed by atoms with Gasteiger partial charge in [0.05, 0.1) is 13.2 Å². The van der Waals surface area contributed by atoms with E-state index in [4.69, 9.17) is 16.3 Å². The molecule has 0 N–H and O–H groups in total. The summed E-state index contributed by atoms with van der Waals surface area (Å²) in [7, 11) is 0. The molecule has 0 aliphatic carbocycles. The molecule has 0 spiro atoms. The van der Waals surface area contributed by atoms with E-state index in [1.807, 2.05) is 23.1 Å². The van der Waals surface area contributed by atoms with Crippen molar-refractivity contribution in [2.75, 3.05) is 39.4 Å². The average Bonchev–Trinajstić information content (AvgIpc) is 2.59. The van der Waals surface area contributed by atoms with Crippen LogP contribution in [0.25, 0.3) is 0 Å². The number of hydrogen-bond acceptors (Lipinski definition) is 3. The zero-order valence-electron chi connectivity index (χ0n) is 13.5. The number of carbonyl (C=O) groups is 1. The molecule has 0 unspecified atom stereocenters. The Balaban J connectivity index is 1.43. The molecule has 0 radical (unpaired) electrons. The largest absolute Gasteiger partial charge is 0.378 e. The van der Waals surface area contributed by atoms with Crippen LogP contribution in [0.2, 0.25) is 5.02 Å². The number of hydrogen-bond donors (Lipinski definition) is 0. The van der Waals surface area contributed by atoms with Gasteiger partial charge in [0.1, 0.15) is 0 Å². The molecule has 23 heavy (non-hydrogen) atoms. The SMILES string of the molecule is O=C(CC1CCN(Cc2ccccc2Cl)CC1)N1CCOCC1. The van der Waals surface area contributed by atoms with E-state index in [1.165, 1.54) is 5.56 Å². The van der Waals surface area contributed by atoms with Gasteiger partial charge in [-0.2, -0.15) is 0 Å². The molecular weight excluding hydrogens is 312 g/mol. The number of carbonyl (C=O) groups excluding carboxylic acids is 1. The normalized spacial score (nSPS) is 20.7. The molecule has 0 atom stereocenters. The van der Waals surface area contributed by atoms with Crippen LogP contribution in [0.3, 0.4) is 0 Å². The quantitative estimate of drug-likeness (QED) is 0.847. The van der Waals surface area contributed by atoms with Gasteiger partial charge in [0.25, 0.3) is 0 Å². The van der Waals surface area contributed by atoms with E-state index in [2.05, 4.69) is 11.0 Å². The Hall–Kier alpha value is -1.10. The summed E-state index contributed by atoms with van der Waals surface area (Å²) in [4.78, 5) is 16.7. The summed E-state index contributed by atoms with van der Waals surface area (Å²) in [5.74, 6) is 0.825. The first-order chi connectivity index (χ1) is 11.2. The molecule has 2 saturated heterocycles. The maximum absolute atomic E-state index is 12.3. The highest BCUT2D eigenvalue weighted by atomic mass is 35.5. The summed E-state index contributed by atoms with van der Waals surface area (Å²) in [5, 5.41) is 0.845. The average molecular weight is 337 g/mol. The second kappa shape index (κ2) is 8.13. The molecule has 2 fully saturated rings. The molecule has 2 aliphatic heterocycles. The lowest BCUT2D eigenvalue weighted by molar-refractivity contribution is -0.136. The zero-order chi connectivity index (χ0) is 16.1. The number of benzene rings is 1. The Kier molecular flexibility index (Phi) is 5.92. The first-order valence-electron chi connectivity index (χ1n) is 8.53. The van der Waals surface area contributed by atoms with Crippen LogP contribution in [-0.2, 0) is 16.1 Å². The number of rotatable bonds is 4. The van der Waals surface area contributed by atoms with Crippen molar-refractivity contribution < 1.29 is 9.53 Å². The van der Waals surface area contributed by atoms with E-state index in [1.54, 1.807) is 0 Å². The lowest BCUT2D eigenvalue weighted by atomic mass is 9.92. The van der Waals surface area contributed by atoms with Crippen LogP contribution in [0.4, 0.5) is 0 Å². The van der Waals surface area contributed by atoms with Gasteiger partial charge in [0.2, 0.25) is 5.91 Å². The minimum absolute atomic E-state index is 0.304. The molecule has 1 aromatic carbocycles. The standard InChI is InChI=1S/C18H25ClN2O2/c19-17-4-2-1-3-16(17)14-20-7-5-15(6-8-20)13-18(22)21-9-11-23-12-10-21/h1-4,15H,5-14H2. The van der Waals surface area contributed by atoms with Gasteiger partial charge in [-0.3, -0.25) is 9.69 Å². The molecule has 3 rings (SSSR count). The maximum atomic E-state index is 12.3. The number of ether oxygens (including phenoxy) is 1. The number of morpholine rings is 1. The maximum Gasteiger partial charge on any atom is 0.223 e. The molecule has 2 heterocycles. The fourth-order valence-corrected chi connectivity index (χ4v) is 3.60. The summed E-state index contributed by atoms with van der Waals surface area (Å²) >= 11 is 6.24. The fourth-order valence-electron chi connectivity index (χ4n) is 3.41. The highest BCUT2D eigenvalue weighted by molar-refractivity contribution is 6.31. The van der Waals surface area contributed by atoms with E-state index >= 15 is 0 Å². The zero-order valence-corrected chi connectivity index (χ0v) is 14.3. The Bertz CT molecular complexity index is 524. The summed E-state index contributed by atoms with van der Waals surface area (Å²) in [6.45, 7) is 5.88. The van der Waals surface area contributed by atoms with Crippen molar-refractivity contribution in [3.8, 4) is 0 Å². The van der Waals surface area contributed by atoms with Gasteiger partial charge in [0.15, 0.2) is 0 Å². The molecule has 1 aromatic rings. The van der Waals surface area contributed by atoms with E-state index in [0.29, 0.717) is 31.5 Å². The second-order valence-electron chi connectivity index (χ2n) is 6.51. The molecule has 2 aliphatic rings. The molecule has 1 amide bonds. The summed E-state index contributed by atoms with van der Waals surface area (Å²) in [6.07, 6.45) is 2.89. The van der Waals surface area contributed by atoms with Gasteiger partial charge in [-0.1, -0.05) is 29.8 Å². The van der Waals surface area contributed by atoms with Gasteiger partial charge in [-0.15, -0.1) is 0 Å². The third-order valence-corrected chi connectivity index (χ3v) is 5.25. The van der Waals surface area contributed by atoms with Crippen molar-refractivity contribution in [3.05, 3.63) is 34.9 Å². The number of likely N-dealkylation sites (tertiary alicyclic amines) is 1. The molecule has 126 valence electrons. The first kappa shape index (κ1) is 16.7. The van der Waals surface area contributed by atoms with Gasteiger partial charge in [-0.05, 0) is 43.5 Å². The Labute approximate surface area is 143 Å². The van der Waals surface area contributed by atoms with Crippen molar-refractivity contribution in [3.63, 3.8) is 0 Å². The van der Waals surface area contributed by atoms with Gasteiger partial charge in [-0.25, -0.2) is 0 Å². The molecule has 5 heteroatoms. The van der Waals surface area contributed by atoms with Crippen LogP contribution in [0.1, 0.15) is 24.8 Å². The highest BCUT2D eigenvalue weighted by Gasteiger charge is 2.25. The Morgan fingerprint density at radius 1 is 1.13 bits per heavy atom. The van der Waals surface area contributed by atoms with Crippen molar-refractivity contribution in [2.45, 2.75) is 25.8 Å². The van der Waals surface area contributed by atoms with Crippen LogP contribution in [0, 0.1) is 5.92 Å². The molecule has 0 bridgehead atoms. The third-order valence-electron chi connectivity index (χ3n) is 4.89. The minimum atomic E-state index is 0.304. The predicted octanol–water partition coefficient (Wildman–Crippen LogP) is 2.80. The summed E-state index contributed by atoms with van der Waals surface area (Å²) < 4.78 is 5.31. The van der Waals surface area contributed by atoms with Crippen molar-refractivity contribution in [1.29, 1.82) is 0 Å². The van der Waals surface area contributed by atoms with Crippen LogP contribution in [0.5, 0.6) is 0 Å². The summed E-state index contributed by atoms with van der Waals surface area (Å²) in [5.41, 5.74) is 1.19. The van der Waals surface area contributed by atoms with Gasteiger partial charge < -0.3 is 9.64 Å². The van der Waals surface area contributed by atoms with E-state index in [-0.39, 0.29) is 0 Å². The van der Waals surface area contributed by atoms with E-state index in [0.717, 1.165) is 50.6 Å². The summed E-state index contributed by atoms with van der Waals surface area (Å²) in [6, 6.07) is 8.05. The Morgan fingerprint density at radius 2 is 1.83 bits per heavy atom. The monoisotopic (exact) mass is 336 g/mol. The van der Waals surface area contributed by atoms with Gasteiger partial charge in [0, 0.05) is 31.1 Å². The van der Waals surface area contributed by atoms with Crippen LogP contribution in [0.15, 0.2) is 24.3 Å². The van der Waals surface area contributed by atoms with Crippen LogP contribution in [-0.4, -0.2) is 55.1 Å². The fraction of sp³-hybridized carbons (Fsp3) is 0.611. The van der Waals surface area contributed by atoms with E-state index in [9.17, 15) is 4.79 Å². The topological polar surface area (TPSA) is 32.8 Å². The van der Waals surface area contributed by atoms with Crippen LogP contribution >= 0.6 is 11.6 Å². The molecule has 0 saturated carbocycles. The predicted molar refractivity (Wildman–Crippen MR) is 91.5 cm³/mol. The molecule has 4 nitrogen and oxygen atoms in total. The molecular formula is C18H25ClN2O2. The number of nitrogens with zero attached hydrogens (tertiary/aromatic N) is 2. The van der Waals surface area contributed by atoms with Gasteiger partial charge >= 0.3 is 0 Å². The number of amides is 1. The number of piperidine rings is 1. The van der Waals surface area contributed by atoms with Crippen molar-refractivity contribution >= 4 is 17.5 Å². The molecule has 0 aromatic heterocycles. The smallest absolute Gasteiger partial charge is 0.223 e. The lowest BCUT2D eigenvalue weighted by Gasteiger charge is -2.33. The van der Waals surface area contributed by atoms with Crippen LogP contribution < -0.4 is 0 Å². The first-order valence-corrected chi connectivity index (χ1v) is 8.91. The highest BCUT2D eigenvalue weighted by Crippen LogP contribution is 2.24. The third kappa shape index (κ3) is 4.69. The van der Waals surface area contributed by atoms with Crippen molar-refractivity contribution in [1.82, 2.24) is 9.80 Å². The lowest BCUT2D eigenvalue weighted by Crippen LogP contribution is -2.42.